The first-order valence-corrected chi connectivity index (χ1v) is 15.9. The minimum Gasteiger partial charge on any atom is -0.442 e. The zero-order valence-corrected chi connectivity index (χ0v) is 25.5. The van der Waals surface area contributed by atoms with Gasteiger partial charge in [-0.1, -0.05) is 19.8 Å². The lowest BCUT2D eigenvalue weighted by molar-refractivity contribution is -0.135. The molecule has 1 atom stereocenters. The molecule has 0 N–H and O–H groups in total. The van der Waals surface area contributed by atoms with Crippen LogP contribution in [-0.4, -0.2) is 90.3 Å². The molecule has 41 heavy (non-hydrogen) atoms. The van der Waals surface area contributed by atoms with Crippen LogP contribution in [0.1, 0.15) is 93.3 Å². The maximum atomic E-state index is 13.3. The second-order valence-electron chi connectivity index (χ2n) is 13.2. The van der Waals surface area contributed by atoms with E-state index in [9.17, 15) is 14.4 Å². The molecule has 5 heterocycles. The number of amides is 2. The van der Waals surface area contributed by atoms with Crippen LogP contribution in [0.4, 0.5) is 4.79 Å². The molecule has 1 aromatic rings. The number of hydrogen-bond donors (Lipinski definition) is 0. The maximum Gasteiger partial charge on any atom is 0.410 e. The smallest absolute Gasteiger partial charge is 0.410 e. The van der Waals surface area contributed by atoms with Gasteiger partial charge in [-0.05, 0) is 64.4 Å². The van der Waals surface area contributed by atoms with Gasteiger partial charge in [0, 0.05) is 82.8 Å². The van der Waals surface area contributed by atoms with E-state index in [1.807, 2.05) is 9.80 Å². The van der Waals surface area contributed by atoms with Gasteiger partial charge < -0.3 is 23.7 Å². The number of nitrogens with zero attached hydrogens (tertiary/aromatic N) is 3. The van der Waals surface area contributed by atoms with Crippen molar-refractivity contribution in [1.29, 1.82) is 0 Å². The lowest BCUT2D eigenvalue weighted by Gasteiger charge is -2.55. The van der Waals surface area contributed by atoms with Crippen molar-refractivity contribution in [2.45, 2.75) is 96.6 Å². The van der Waals surface area contributed by atoms with Gasteiger partial charge in [-0.25, -0.2) is 9.59 Å². The van der Waals surface area contributed by atoms with E-state index in [1.54, 1.807) is 13.8 Å². The lowest BCUT2D eigenvalue weighted by atomic mass is 9.74. The number of likely N-dealkylation sites (tertiary alicyclic amines) is 2. The first-order valence-electron chi connectivity index (χ1n) is 15.9. The Balaban J connectivity index is 1.20. The Kier molecular flexibility index (Phi) is 9.14. The van der Waals surface area contributed by atoms with Gasteiger partial charge in [0.2, 0.25) is 0 Å². The first kappa shape index (κ1) is 30.1. The third-order valence-corrected chi connectivity index (χ3v) is 10.5. The molecule has 4 aliphatic rings. The van der Waals surface area contributed by atoms with Crippen LogP contribution < -0.4 is 5.63 Å². The van der Waals surface area contributed by atoms with Gasteiger partial charge in [0.15, 0.2) is 0 Å². The SMILES string of the molecule is CCCC[C@H]1CN(CC2CCOCC2)C(=O)OC12CCN(C1(C)CCN(C(=O)c3c(C)cc(=O)oc3C)CC1)CC2. The summed E-state index contributed by atoms with van der Waals surface area (Å²) in [5.41, 5.74) is 0.394. The summed E-state index contributed by atoms with van der Waals surface area (Å²) in [6.45, 7) is 14.4. The lowest BCUT2D eigenvalue weighted by Crippen LogP contribution is -2.64. The number of carbonyl (C=O) groups excluding carboxylic acids is 2. The van der Waals surface area contributed by atoms with Gasteiger partial charge in [0.05, 0.1) is 5.56 Å². The highest BCUT2D eigenvalue weighted by molar-refractivity contribution is 5.96. The van der Waals surface area contributed by atoms with E-state index in [4.69, 9.17) is 13.9 Å². The van der Waals surface area contributed by atoms with Gasteiger partial charge in [0.25, 0.3) is 5.91 Å². The molecule has 4 fully saturated rings. The fourth-order valence-corrected chi connectivity index (χ4v) is 7.70. The van der Waals surface area contributed by atoms with Crippen LogP contribution in [0.15, 0.2) is 15.3 Å². The van der Waals surface area contributed by atoms with Crippen molar-refractivity contribution < 1.29 is 23.5 Å². The summed E-state index contributed by atoms with van der Waals surface area (Å²) >= 11 is 0. The second kappa shape index (κ2) is 12.5. The molecule has 1 aromatic heterocycles. The third-order valence-electron chi connectivity index (χ3n) is 10.5. The molecule has 2 amide bonds. The van der Waals surface area contributed by atoms with E-state index in [0.717, 1.165) is 97.2 Å². The number of unbranched alkanes of at least 4 members (excludes halogenated alkanes) is 1. The Hall–Kier alpha value is -2.39. The second-order valence-corrected chi connectivity index (χ2v) is 13.2. The van der Waals surface area contributed by atoms with Crippen LogP contribution in [-0.2, 0) is 9.47 Å². The fraction of sp³-hybridized carbons (Fsp3) is 0.781. The van der Waals surface area contributed by atoms with E-state index < -0.39 is 5.63 Å². The molecule has 0 radical (unpaired) electrons. The van der Waals surface area contributed by atoms with Gasteiger partial charge in [-0.15, -0.1) is 0 Å². The molecule has 9 nitrogen and oxygen atoms in total. The normalized spacial score (nSPS) is 25.4. The van der Waals surface area contributed by atoms with E-state index in [-0.39, 0.29) is 23.1 Å². The van der Waals surface area contributed by atoms with Crippen molar-refractivity contribution in [3.63, 3.8) is 0 Å². The van der Waals surface area contributed by atoms with Crippen molar-refractivity contribution in [2.24, 2.45) is 11.8 Å². The van der Waals surface area contributed by atoms with Crippen LogP contribution >= 0.6 is 0 Å². The minimum atomic E-state index is -0.418. The summed E-state index contributed by atoms with van der Waals surface area (Å²) < 4.78 is 17.2. The molecule has 5 rings (SSSR count). The van der Waals surface area contributed by atoms with E-state index in [0.29, 0.717) is 41.8 Å². The minimum absolute atomic E-state index is 0.00158. The molecule has 0 unspecified atom stereocenters. The van der Waals surface area contributed by atoms with Gasteiger partial charge >= 0.3 is 11.7 Å². The number of aryl methyl sites for hydroxylation is 2. The number of rotatable bonds is 7. The van der Waals surface area contributed by atoms with Gasteiger partial charge in [0.1, 0.15) is 11.4 Å². The van der Waals surface area contributed by atoms with Crippen LogP contribution in [0, 0.1) is 25.7 Å². The van der Waals surface area contributed by atoms with Crippen LogP contribution in [0.25, 0.3) is 0 Å². The fourth-order valence-electron chi connectivity index (χ4n) is 7.70. The molecule has 0 bridgehead atoms. The van der Waals surface area contributed by atoms with Crippen LogP contribution in [0.2, 0.25) is 0 Å². The van der Waals surface area contributed by atoms with Crippen molar-refractivity contribution in [3.05, 3.63) is 33.4 Å². The van der Waals surface area contributed by atoms with Crippen LogP contribution in [0.3, 0.4) is 0 Å². The highest BCUT2D eigenvalue weighted by Gasteiger charge is 2.51. The molecular weight excluding hydrogens is 522 g/mol. The number of hydrogen-bond acceptors (Lipinski definition) is 7. The Bertz CT molecular complexity index is 1120. The predicted molar refractivity (Wildman–Crippen MR) is 156 cm³/mol. The summed E-state index contributed by atoms with van der Waals surface area (Å²) in [6.07, 6.45) is 8.84. The summed E-state index contributed by atoms with van der Waals surface area (Å²) in [5, 5.41) is 0. The van der Waals surface area contributed by atoms with Crippen molar-refractivity contribution >= 4 is 12.0 Å². The number of piperidine rings is 2. The average Bonchev–Trinajstić information content (AvgIpc) is 2.94. The highest BCUT2D eigenvalue weighted by atomic mass is 16.6. The van der Waals surface area contributed by atoms with E-state index in [2.05, 4.69) is 18.7 Å². The molecule has 9 heteroatoms. The Labute approximate surface area is 244 Å². The Morgan fingerprint density at radius 3 is 2.34 bits per heavy atom. The zero-order chi connectivity index (χ0) is 29.2. The maximum absolute atomic E-state index is 13.3. The monoisotopic (exact) mass is 571 g/mol. The van der Waals surface area contributed by atoms with Crippen molar-refractivity contribution in [1.82, 2.24) is 14.7 Å². The standard InChI is InChI=1S/C32H49N3O6/c1-5-6-7-26-22-34(21-25-8-18-39-19-9-25)30(38)41-32(26)12-16-35(17-13-32)31(4)10-14-33(15-11-31)29(37)28-23(2)20-27(36)40-24(28)3/h20,25-26H,5-19,21-22H2,1-4H3/t26-/m0/s1. The summed E-state index contributed by atoms with van der Waals surface area (Å²) in [5.74, 6) is 1.21. The third kappa shape index (κ3) is 6.36. The van der Waals surface area contributed by atoms with E-state index in [1.165, 1.54) is 6.07 Å². The summed E-state index contributed by atoms with van der Waals surface area (Å²) in [6, 6.07) is 1.40. The van der Waals surface area contributed by atoms with E-state index >= 15 is 0 Å². The number of carbonyl (C=O) groups is 2. The molecule has 228 valence electrons. The summed E-state index contributed by atoms with van der Waals surface area (Å²) in [4.78, 5) is 44.8. The molecule has 0 saturated carbocycles. The zero-order valence-electron chi connectivity index (χ0n) is 25.5. The molecule has 1 spiro atoms. The van der Waals surface area contributed by atoms with Gasteiger partial charge in [-0.2, -0.15) is 0 Å². The van der Waals surface area contributed by atoms with Crippen molar-refractivity contribution in [2.75, 3.05) is 52.5 Å². The largest absolute Gasteiger partial charge is 0.442 e. The van der Waals surface area contributed by atoms with Gasteiger partial charge in [-0.3, -0.25) is 9.69 Å². The van der Waals surface area contributed by atoms with Crippen LogP contribution in [0.5, 0.6) is 0 Å². The average molecular weight is 572 g/mol. The Morgan fingerprint density at radius 2 is 1.71 bits per heavy atom. The first-order chi connectivity index (χ1) is 19.6. The quantitative estimate of drug-likeness (QED) is 0.466. The molecule has 0 aromatic carbocycles. The molecule has 4 aliphatic heterocycles. The topological polar surface area (TPSA) is 92.5 Å². The van der Waals surface area contributed by atoms with Crippen molar-refractivity contribution in [3.8, 4) is 0 Å². The summed E-state index contributed by atoms with van der Waals surface area (Å²) in [7, 11) is 0. The number of ether oxygens (including phenoxy) is 2. The molecule has 0 aliphatic carbocycles. The molecular formula is C32H49N3O6. The highest BCUT2D eigenvalue weighted by Crippen LogP contribution is 2.43. The Morgan fingerprint density at radius 1 is 1.02 bits per heavy atom. The predicted octanol–water partition coefficient (Wildman–Crippen LogP) is 4.77. The molecule has 4 saturated heterocycles.